The van der Waals surface area contributed by atoms with Gasteiger partial charge in [-0.25, -0.2) is 0 Å². The highest BCUT2D eigenvalue weighted by molar-refractivity contribution is 9.10. The number of nitrogens with one attached hydrogen (secondary N) is 2. The van der Waals surface area contributed by atoms with Crippen LogP contribution in [0, 0.1) is 0 Å². The zero-order chi connectivity index (χ0) is 23.1. The summed E-state index contributed by atoms with van der Waals surface area (Å²) in [7, 11) is 0. The maximum atomic E-state index is 12.6. The first-order valence-corrected chi connectivity index (χ1v) is 12.1. The van der Waals surface area contributed by atoms with Gasteiger partial charge in [0.1, 0.15) is 5.82 Å². The molecule has 0 aliphatic rings. The third-order valence-electron chi connectivity index (χ3n) is 4.73. The summed E-state index contributed by atoms with van der Waals surface area (Å²) in [5.41, 5.74) is 2.62. The number of amides is 2. The Morgan fingerprint density at radius 1 is 1.06 bits per heavy atom. The predicted octanol–water partition coefficient (Wildman–Crippen LogP) is 5.10. The fourth-order valence-electron chi connectivity index (χ4n) is 3.19. The van der Waals surface area contributed by atoms with E-state index in [0.29, 0.717) is 17.5 Å². The molecule has 9 heteroatoms. The van der Waals surface area contributed by atoms with E-state index in [-0.39, 0.29) is 29.9 Å². The van der Waals surface area contributed by atoms with Gasteiger partial charge in [-0.2, -0.15) is 0 Å². The van der Waals surface area contributed by atoms with Crippen LogP contribution in [0.4, 0.5) is 11.4 Å². The molecule has 3 rings (SSSR count). The summed E-state index contributed by atoms with van der Waals surface area (Å²) in [4.78, 5) is 24.9. The molecule has 2 amide bonds. The number of carbonyl (C=O) groups is 2. The standard InChI is InChI=1S/C23H26BrN5O2S/c1-4-29-20(13-21(30)25-17-8-6-5-7-9-17)27-28-23(29)32-14-22(31)26-19-11-10-16(24)12-18(19)15(2)3/h5-12,15H,4,13-14H2,1-3H3,(H,25,30)(H,26,31). The SMILES string of the molecule is CCn1c(CC(=O)Nc2ccccc2)nnc1SCC(=O)Nc1ccc(Br)cc1C(C)C. The number of rotatable bonds is 9. The molecule has 0 saturated heterocycles. The van der Waals surface area contributed by atoms with Gasteiger partial charge in [0.25, 0.3) is 0 Å². The number of carbonyl (C=O) groups excluding carboxylic acids is 2. The van der Waals surface area contributed by atoms with Crippen LogP contribution in [0.15, 0.2) is 58.2 Å². The minimum atomic E-state index is -0.163. The van der Waals surface area contributed by atoms with E-state index < -0.39 is 0 Å². The predicted molar refractivity (Wildman–Crippen MR) is 132 cm³/mol. The van der Waals surface area contributed by atoms with Crippen molar-refractivity contribution in [3.05, 3.63) is 64.4 Å². The van der Waals surface area contributed by atoms with Gasteiger partial charge in [0.15, 0.2) is 5.16 Å². The molecule has 0 aliphatic carbocycles. The van der Waals surface area contributed by atoms with E-state index in [2.05, 4.69) is 50.6 Å². The Morgan fingerprint density at radius 2 is 1.81 bits per heavy atom. The molecule has 7 nitrogen and oxygen atoms in total. The van der Waals surface area contributed by atoms with Gasteiger partial charge >= 0.3 is 0 Å². The minimum Gasteiger partial charge on any atom is -0.326 e. The molecule has 1 aromatic heterocycles. The van der Waals surface area contributed by atoms with Gasteiger partial charge in [0.05, 0.1) is 12.2 Å². The number of aromatic nitrogens is 3. The summed E-state index contributed by atoms with van der Waals surface area (Å²) in [5, 5.41) is 14.8. The number of nitrogens with zero attached hydrogens (tertiary/aromatic N) is 3. The summed E-state index contributed by atoms with van der Waals surface area (Å²) in [6.07, 6.45) is 0.110. The van der Waals surface area contributed by atoms with Crippen LogP contribution in [-0.2, 0) is 22.6 Å². The van der Waals surface area contributed by atoms with E-state index in [1.165, 1.54) is 11.8 Å². The van der Waals surface area contributed by atoms with E-state index in [4.69, 9.17) is 0 Å². The lowest BCUT2D eigenvalue weighted by atomic mass is 10.0. The Labute approximate surface area is 200 Å². The fourth-order valence-corrected chi connectivity index (χ4v) is 4.39. The third-order valence-corrected chi connectivity index (χ3v) is 6.19. The first-order valence-electron chi connectivity index (χ1n) is 10.4. The van der Waals surface area contributed by atoms with Crippen molar-refractivity contribution < 1.29 is 9.59 Å². The van der Waals surface area contributed by atoms with E-state index in [1.54, 1.807) is 0 Å². The normalized spacial score (nSPS) is 10.9. The molecule has 0 saturated carbocycles. The molecule has 0 atom stereocenters. The maximum absolute atomic E-state index is 12.6. The molecule has 2 N–H and O–H groups in total. The van der Waals surface area contributed by atoms with Crippen molar-refractivity contribution in [1.29, 1.82) is 0 Å². The second kappa shape index (κ2) is 11.3. The summed E-state index contributed by atoms with van der Waals surface area (Å²) in [6.45, 7) is 6.74. The van der Waals surface area contributed by atoms with E-state index in [0.717, 1.165) is 21.4 Å². The van der Waals surface area contributed by atoms with Gasteiger partial charge in [-0.15, -0.1) is 10.2 Å². The Hall–Kier alpha value is -2.65. The number of halogens is 1. The Balaban J connectivity index is 1.60. The van der Waals surface area contributed by atoms with Crippen LogP contribution in [-0.4, -0.2) is 32.3 Å². The van der Waals surface area contributed by atoms with Crippen molar-refractivity contribution in [3.63, 3.8) is 0 Å². The summed E-state index contributed by atoms with van der Waals surface area (Å²) in [5.74, 6) is 0.765. The second-order valence-electron chi connectivity index (χ2n) is 7.46. The number of para-hydroxylation sites is 1. The van der Waals surface area contributed by atoms with E-state index >= 15 is 0 Å². The quantitative estimate of drug-likeness (QED) is 0.387. The molecule has 0 spiro atoms. The van der Waals surface area contributed by atoms with Gasteiger partial charge < -0.3 is 15.2 Å². The molecule has 168 valence electrons. The molecule has 2 aromatic carbocycles. The topological polar surface area (TPSA) is 88.9 Å². The zero-order valence-corrected chi connectivity index (χ0v) is 20.7. The van der Waals surface area contributed by atoms with Crippen molar-refractivity contribution in [2.45, 2.75) is 44.8 Å². The molecule has 32 heavy (non-hydrogen) atoms. The highest BCUT2D eigenvalue weighted by atomic mass is 79.9. The molecular formula is C23H26BrN5O2S. The van der Waals surface area contributed by atoms with Crippen molar-refractivity contribution >= 4 is 50.9 Å². The van der Waals surface area contributed by atoms with Crippen LogP contribution in [0.1, 0.15) is 38.1 Å². The lowest BCUT2D eigenvalue weighted by Gasteiger charge is -2.14. The molecule has 0 bridgehead atoms. The van der Waals surface area contributed by atoms with Gasteiger partial charge in [-0.3, -0.25) is 9.59 Å². The number of thioether (sulfide) groups is 1. The highest BCUT2D eigenvalue weighted by Gasteiger charge is 2.17. The maximum Gasteiger partial charge on any atom is 0.234 e. The Kier molecular flexibility index (Phi) is 8.46. The van der Waals surface area contributed by atoms with Crippen LogP contribution in [0.2, 0.25) is 0 Å². The fraction of sp³-hybridized carbons (Fsp3) is 0.304. The average molecular weight is 516 g/mol. The molecule has 0 unspecified atom stereocenters. The van der Waals surface area contributed by atoms with Crippen LogP contribution in [0.3, 0.4) is 0 Å². The smallest absolute Gasteiger partial charge is 0.234 e. The molecule has 1 heterocycles. The van der Waals surface area contributed by atoms with Crippen LogP contribution in [0.25, 0.3) is 0 Å². The minimum absolute atomic E-state index is 0.110. The molecular weight excluding hydrogens is 490 g/mol. The Bertz CT molecular complexity index is 1090. The third kappa shape index (κ3) is 6.43. The summed E-state index contributed by atoms with van der Waals surface area (Å²) < 4.78 is 2.84. The molecule has 3 aromatic rings. The van der Waals surface area contributed by atoms with E-state index in [9.17, 15) is 9.59 Å². The van der Waals surface area contributed by atoms with Gasteiger partial charge in [-0.1, -0.05) is 59.7 Å². The second-order valence-corrected chi connectivity index (χ2v) is 9.32. The number of hydrogen-bond donors (Lipinski definition) is 2. The van der Waals surface area contributed by atoms with Crippen LogP contribution < -0.4 is 10.6 Å². The molecule has 0 fully saturated rings. The van der Waals surface area contributed by atoms with Gasteiger partial charge in [0.2, 0.25) is 11.8 Å². The molecule has 0 aliphatic heterocycles. The number of hydrogen-bond acceptors (Lipinski definition) is 5. The van der Waals surface area contributed by atoms with Crippen molar-refractivity contribution in [2.75, 3.05) is 16.4 Å². The lowest BCUT2D eigenvalue weighted by molar-refractivity contribution is -0.116. The monoisotopic (exact) mass is 515 g/mol. The largest absolute Gasteiger partial charge is 0.326 e. The van der Waals surface area contributed by atoms with Crippen molar-refractivity contribution in [3.8, 4) is 0 Å². The zero-order valence-electron chi connectivity index (χ0n) is 18.3. The molecule has 0 radical (unpaired) electrons. The lowest BCUT2D eigenvalue weighted by Crippen LogP contribution is -2.18. The van der Waals surface area contributed by atoms with Crippen molar-refractivity contribution in [1.82, 2.24) is 14.8 Å². The first-order chi connectivity index (χ1) is 15.4. The van der Waals surface area contributed by atoms with Gasteiger partial charge in [0, 0.05) is 22.4 Å². The van der Waals surface area contributed by atoms with Crippen LogP contribution >= 0.6 is 27.7 Å². The van der Waals surface area contributed by atoms with Gasteiger partial charge in [-0.05, 0) is 48.7 Å². The van der Waals surface area contributed by atoms with E-state index in [1.807, 2.05) is 60.0 Å². The highest BCUT2D eigenvalue weighted by Crippen LogP contribution is 2.28. The number of benzene rings is 2. The summed E-state index contributed by atoms with van der Waals surface area (Å²) >= 11 is 4.79. The first kappa shape index (κ1) is 24.0. The Morgan fingerprint density at radius 3 is 2.50 bits per heavy atom. The van der Waals surface area contributed by atoms with Crippen molar-refractivity contribution in [2.24, 2.45) is 0 Å². The van der Waals surface area contributed by atoms with Crippen LogP contribution in [0.5, 0.6) is 0 Å². The average Bonchev–Trinajstić information content (AvgIpc) is 3.15. The number of anilines is 2. The summed E-state index contributed by atoms with van der Waals surface area (Å²) in [6, 6.07) is 15.1.